The van der Waals surface area contributed by atoms with E-state index >= 15 is 0 Å². The first kappa shape index (κ1) is 18.9. The molecule has 24 heavy (non-hydrogen) atoms. The molecule has 2 rings (SSSR count). The van der Waals surface area contributed by atoms with Gasteiger partial charge in [0.25, 0.3) is 5.15 Å². The Morgan fingerprint density at radius 2 is 1.83 bits per heavy atom. The number of aromatic nitrogens is 1. The summed E-state index contributed by atoms with van der Waals surface area (Å²) < 4.78 is 2.09. The van der Waals surface area contributed by atoms with Gasteiger partial charge in [-0.2, -0.15) is 17.2 Å². The number of anilines is 1. The summed E-state index contributed by atoms with van der Waals surface area (Å²) in [6.07, 6.45) is 8.60. The minimum atomic E-state index is 0.786. The van der Waals surface area contributed by atoms with Crippen molar-refractivity contribution in [1.82, 2.24) is 0 Å². The Kier molecular flexibility index (Phi) is 7.67. The van der Waals surface area contributed by atoms with Crippen molar-refractivity contribution in [2.75, 3.05) is 24.2 Å². The van der Waals surface area contributed by atoms with Gasteiger partial charge in [0.2, 0.25) is 0 Å². The number of rotatable bonds is 8. The van der Waals surface area contributed by atoms with Crippen LogP contribution < -0.4 is 9.47 Å². The summed E-state index contributed by atoms with van der Waals surface area (Å²) in [5, 5.41) is 0.786. The highest BCUT2D eigenvalue weighted by atomic mass is 35.5. The maximum absolute atomic E-state index is 6.35. The van der Waals surface area contributed by atoms with Crippen LogP contribution in [-0.2, 0) is 6.54 Å². The average Bonchev–Trinajstić information content (AvgIpc) is 2.60. The van der Waals surface area contributed by atoms with E-state index in [1.165, 1.54) is 17.7 Å². The van der Waals surface area contributed by atoms with Gasteiger partial charge in [0, 0.05) is 43.6 Å². The molecule has 0 unspecified atom stereocenters. The molecule has 128 valence electrons. The maximum Gasteiger partial charge on any atom is 0.275 e. The molecule has 0 spiro atoms. The topological polar surface area (TPSA) is 7.12 Å². The first-order chi connectivity index (χ1) is 11.6. The summed E-state index contributed by atoms with van der Waals surface area (Å²) in [5.41, 5.74) is 3.50. The lowest BCUT2D eigenvalue weighted by Crippen LogP contribution is -2.34. The molecule has 0 aliphatic rings. The Morgan fingerprint density at radius 1 is 1.12 bits per heavy atom. The van der Waals surface area contributed by atoms with Gasteiger partial charge in [-0.05, 0) is 34.9 Å². The number of nitrogens with zero attached hydrogens (tertiary/aromatic N) is 2. The second-order valence-electron chi connectivity index (χ2n) is 5.90. The van der Waals surface area contributed by atoms with Crippen LogP contribution in [0.3, 0.4) is 0 Å². The second kappa shape index (κ2) is 9.75. The predicted octanol–water partition coefficient (Wildman–Crippen LogP) is 4.96. The van der Waals surface area contributed by atoms with Gasteiger partial charge in [-0.25, -0.2) is 0 Å². The lowest BCUT2D eigenvalue weighted by Gasteiger charge is -2.17. The summed E-state index contributed by atoms with van der Waals surface area (Å²) in [7, 11) is 2.08. The van der Waals surface area contributed by atoms with E-state index in [2.05, 4.69) is 84.7 Å². The number of aryl methyl sites for hydroxylation is 1. The van der Waals surface area contributed by atoms with Gasteiger partial charge in [-0.1, -0.05) is 37.6 Å². The number of hydrogen-bond donors (Lipinski definition) is 1. The van der Waals surface area contributed by atoms with Crippen LogP contribution in [0.2, 0.25) is 5.15 Å². The third kappa shape index (κ3) is 5.57. The number of thiol groups is 1. The van der Waals surface area contributed by atoms with Crippen molar-refractivity contribution in [3.8, 4) is 0 Å². The third-order valence-electron chi connectivity index (χ3n) is 4.00. The van der Waals surface area contributed by atoms with E-state index in [1.54, 1.807) is 0 Å². The molecular formula is C20H26ClN2S+. The van der Waals surface area contributed by atoms with Crippen LogP contribution in [0.4, 0.5) is 5.69 Å². The molecule has 1 heterocycles. The van der Waals surface area contributed by atoms with E-state index in [4.69, 9.17) is 11.6 Å². The zero-order chi connectivity index (χ0) is 17.4. The number of unbranched alkanes of at least 4 members (excludes halogenated alkanes) is 1. The fraction of sp³-hybridized carbons (Fsp3) is 0.350. The highest BCUT2D eigenvalue weighted by molar-refractivity contribution is 7.80. The molecule has 0 amide bonds. The number of pyridine rings is 1. The van der Waals surface area contributed by atoms with Crippen LogP contribution in [0.15, 0.2) is 42.6 Å². The van der Waals surface area contributed by atoms with E-state index in [9.17, 15) is 0 Å². The number of benzene rings is 1. The minimum absolute atomic E-state index is 0.786. The van der Waals surface area contributed by atoms with E-state index in [1.807, 2.05) is 6.07 Å². The molecule has 1 aromatic carbocycles. The average molecular weight is 362 g/mol. The van der Waals surface area contributed by atoms with Crippen molar-refractivity contribution < 1.29 is 4.57 Å². The van der Waals surface area contributed by atoms with Crippen molar-refractivity contribution in [2.24, 2.45) is 0 Å². The Labute approximate surface area is 156 Å². The quantitative estimate of drug-likeness (QED) is 0.396. The van der Waals surface area contributed by atoms with Gasteiger partial charge >= 0.3 is 0 Å². The smallest absolute Gasteiger partial charge is 0.275 e. The van der Waals surface area contributed by atoms with Gasteiger partial charge in [-0.3, -0.25) is 0 Å². The van der Waals surface area contributed by atoms with Crippen molar-refractivity contribution in [1.29, 1.82) is 0 Å². The van der Waals surface area contributed by atoms with Crippen molar-refractivity contribution >= 4 is 42.1 Å². The fourth-order valence-electron chi connectivity index (χ4n) is 2.44. The molecule has 0 fully saturated rings. The van der Waals surface area contributed by atoms with Crippen molar-refractivity contribution in [2.45, 2.75) is 26.3 Å². The van der Waals surface area contributed by atoms with Crippen LogP contribution in [0.1, 0.15) is 30.9 Å². The highest BCUT2D eigenvalue weighted by Crippen LogP contribution is 2.16. The van der Waals surface area contributed by atoms with Gasteiger partial charge < -0.3 is 4.90 Å². The third-order valence-corrected chi connectivity index (χ3v) is 4.52. The van der Waals surface area contributed by atoms with E-state index in [-0.39, 0.29) is 0 Å². The molecule has 4 heteroatoms. The summed E-state index contributed by atoms with van der Waals surface area (Å²) >= 11 is 10.6. The molecule has 0 atom stereocenters. The fourth-order valence-corrected chi connectivity index (χ4v) is 3.01. The lowest BCUT2D eigenvalue weighted by molar-refractivity contribution is -0.695. The summed E-state index contributed by atoms with van der Waals surface area (Å²) in [6, 6.07) is 12.7. The Bertz CT molecular complexity index is 668. The Balaban J connectivity index is 2.03. The molecule has 0 aliphatic carbocycles. The molecule has 0 saturated carbocycles. The van der Waals surface area contributed by atoms with Gasteiger partial charge in [0.1, 0.15) is 6.54 Å². The second-order valence-corrected chi connectivity index (χ2v) is 6.73. The zero-order valence-corrected chi connectivity index (χ0v) is 16.1. The monoisotopic (exact) mass is 361 g/mol. The van der Waals surface area contributed by atoms with E-state index < -0.39 is 0 Å². The molecule has 0 N–H and O–H groups in total. The molecule has 0 saturated heterocycles. The van der Waals surface area contributed by atoms with Gasteiger partial charge in [-0.15, -0.1) is 0 Å². The maximum atomic E-state index is 6.35. The first-order valence-electron chi connectivity index (χ1n) is 8.43. The largest absolute Gasteiger partial charge is 0.374 e. The van der Waals surface area contributed by atoms with Crippen molar-refractivity contribution in [3.05, 3.63) is 58.9 Å². The van der Waals surface area contributed by atoms with Crippen LogP contribution in [0, 0.1) is 0 Å². The normalized spacial score (nSPS) is 11.2. The van der Waals surface area contributed by atoms with Gasteiger partial charge in [0.05, 0.1) is 0 Å². The molecule has 0 aliphatic heterocycles. The van der Waals surface area contributed by atoms with Crippen LogP contribution in [-0.4, -0.2) is 19.3 Å². The Morgan fingerprint density at radius 3 is 2.46 bits per heavy atom. The number of hydrogen-bond acceptors (Lipinski definition) is 2. The summed E-state index contributed by atoms with van der Waals surface area (Å²) in [4.78, 5) is 2.20. The minimum Gasteiger partial charge on any atom is -0.374 e. The van der Waals surface area contributed by atoms with Crippen LogP contribution >= 0.6 is 24.2 Å². The standard InChI is InChI=1S/C20H25ClN2S/c1-3-4-12-23-13-11-18(16-20(23)21)6-5-17-7-9-19(10-8-17)22(2)14-15-24/h5-11,13,16H,3-4,12,14-15H2,1-2H3/p+1. The SMILES string of the molecule is CCCC[n+]1ccc(/C=C/c2ccc(N(C)CCS)cc2)cc1Cl. The first-order valence-corrected chi connectivity index (χ1v) is 9.44. The molecule has 2 nitrogen and oxygen atoms in total. The summed E-state index contributed by atoms with van der Waals surface area (Å²) in [5.74, 6) is 0.852. The summed E-state index contributed by atoms with van der Waals surface area (Å²) in [6.45, 7) is 4.10. The highest BCUT2D eigenvalue weighted by Gasteiger charge is 2.07. The lowest BCUT2D eigenvalue weighted by atomic mass is 10.1. The molecule has 0 bridgehead atoms. The molecule has 2 aromatic rings. The van der Waals surface area contributed by atoms with Crippen LogP contribution in [0.25, 0.3) is 12.2 Å². The Hall–Kier alpha value is -1.45. The molecule has 0 radical (unpaired) electrons. The molecule has 1 aromatic heterocycles. The predicted molar refractivity (Wildman–Crippen MR) is 109 cm³/mol. The van der Waals surface area contributed by atoms with Crippen LogP contribution in [0.5, 0.6) is 0 Å². The van der Waals surface area contributed by atoms with Crippen molar-refractivity contribution in [3.63, 3.8) is 0 Å². The number of halogens is 1. The van der Waals surface area contributed by atoms with E-state index in [0.717, 1.165) is 36.0 Å². The molecular weight excluding hydrogens is 336 g/mol. The van der Waals surface area contributed by atoms with E-state index in [0.29, 0.717) is 0 Å². The van der Waals surface area contributed by atoms with Gasteiger partial charge in [0.15, 0.2) is 6.20 Å². The zero-order valence-electron chi connectivity index (χ0n) is 14.5.